The Morgan fingerprint density at radius 2 is 0.506 bits per heavy atom. The topological polar surface area (TPSA) is 78.9 Å². The lowest BCUT2D eigenvalue weighted by atomic mass is 10.0. The average molecular weight is 1080 g/mol. The minimum absolute atomic E-state index is 0.0686. The standard InChI is InChI=1S/C71H130O6/c1-4-7-10-13-16-18-20-22-24-26-28-30-32-34-35-37-38-40-42-44-46-48-50-52-55-58-61-64-70(73)76-67-68(66-75-69(72)63-60-57-54-15-12-9-6-3)77-71(74)65-62-59-56-53-51-49-47-45-43-41-39-36-33-31-29-27-25-23-21-19-17-14-11-8-5-2/h8,11,17,19,23,25,29,31,68H,4-7,9-10,12-16,18,20-22,24,26-28,30,32-67H2,1-3H3/b11-8-,19-17-,25-23-,31-29-. The fourth-order valence-corrected chi connectivity index (χ4v) is 10.3. The first-order valence-electron chi connectivity index (χ1n) is 34.1. The highest BCUT2D eigenvalue weighted by atomic mass is 16.6. The molecule has 0 fully saturated rings. The van der Waals surface area contributed by atoms with E-state index in [9.17, 15) is 14.4 Å². The molecule has 0 rings (SSSR count). The average Bonchev–Trinajstić information content (AvgIpc) is 3.43. The van der Waals surface area contributed by atoms with Gasteiger partial charge in [-0.05, 0) is 57.8 Å². The minimum Gasteiger partial charge on any atom is -0.462 e. The summed E-state index contributed by atoms with van der Waals surface area (Å²) >= 11 is 0. The molecule has 0 saturated heterocycles. The molecule has 0 aliphatic carbocycles. The van der Waals surface area contributed by atoms with Gasteiger partial charge in [0.2, 0.25) is 0 Å². The first kappa shape index (κ1) is 74.4. The molecule has 1 atom stereocenters. The molecule has 1 unspecified atom stereocenters. The Labute approximate surface area is 479 Å². The van der Waals surface area contributed by atoms with E-state index in [2.05, 4.69) is 69.4 Å². The van der Waals surface area contributed by atoms with Gasteiger partial charge in [0.1, 0.15) is 13.2 Å². The Bertz CT molecular complexity index is 1330. The van der Waals surface area contributed by atoms with Crippen molar-refractivity contribution in [2.24, 2.45) is 0 Å². The number of esters is 3. The number of carbonyl (C=O) groups excluding carboxylic acids is 3. The number of hydrogen-bond donors (Lipinski definition) is 0. The summed E-state index contributed by atoms with van der Waals surface area (Å²) in [5.74, 6) is -0.855. The number of carbonyl (C=O) groups is 3. The molecule has 77 heavy (non-hydrogen) atoms. The van der Waals surface area contributed by atoms with E-state index in [1.165, 1.54) is 244 Å². The molecule has 0 N–H and O–H groups in total. The maximum absolute atomic E-state index is 12.9. The van der Waals surface area contributed by atoms with E-state index in [4.69, 9.17) is 14.2 Å². The molecule has 0 amide bonds. The lowest BCUT2D eigenvalue weighted by Crippen LogP contribution is -2.30. The zero-order valence-corrected chi connectivity index (χ0v) is 51.7. The highest BCUT2D eigenvalue weighted by Crippen LogP contribution is 2.18. The van der Waals surface area contributed by atoms with Crippen LogP contribution < -0.4 is 0 Å². The summed E-state index contributed by atoms with van der Waals surface area (Å²) in [5.41, 5.74) is 0. The van der Waals surface area contributed by atoms with Gasteiger partial charge in [0.25, 0.3) is 0 Å². The number of hydrogen-bond acceptors (Lipinski definition) is 6. The minimum atomic E-state index is -0.770. The van der Waals surface area contributed by atoms with E-state index in [0.29, 0.717) is 19.3 Å². The number of rotatable bonds is 63. The molecule has 6 nitrogen and oxygen atoms in total. The third-order valence-corrected chi connectivity index (χ3v) is 15.3. The van der Waals surface area contributed by atoms with Crippen molar-refractivity contribution >= 4 is 17.9 Å². The first-order chi connectivity index (χ1) is 38.0. The monoisotopic (exact) mass is 1080 g/mol. The van der Waals surface area contributed by atoms with E-state index in [1.807, 2.05) is 0 Å². The molecule has 0 radical (unpaired) electrons. The van der Waals surface area contributed by atoms with Gasteiger partial charge >= 0.3 is 17.9 Å². The summed E-state index contributed by atoms with van der Waals surface area (Å²) in [6.45, 7) is 6.55. The van der Waals surface area contributed by atoms with Crippen molar-refractivity contribution in [2.75, 3.05) is 13.2 Å². The third-order valence-electron chi connectivity index (χ3n) is 15.3. The molecule has 6 heteroatoms. The van der Waals surface area contributed by atoms with Crippen LogP contribution in [0.3, 0.4) is 0 Å². The summed E-state index contributed by atoms with van der Waals surface area (Å²) in [7, 11) is 0. The largest absolute Gasteiger partial charge is 0.462 e. The van der Waals surface area contributed by atoms with Gasteiger partial charge in [-0.1, -0.05) is 339 Å². The van der Waals surface area contributed by atoms with Gasteiger partial charge in [-0.15, -0.1) is 0 Å². The molecular formula is C71H130O6. The Balaban J connectivity index is 4.04. The van der Waals surface area contributed by atoms with Crippen LogP contribution in [0.4, 0.5) is 0 Å². The Morgan fingerprint density at radius 3 is 0.792 bits per heavy atom. The van der Waals surface area contributed by atoms with E-state index >= 15 is 0 Å². The number of ether oxygens (including phenoxy) is 3. The Hall–Kier alpha value is -2.63. The van der Waals surface area contributed by atoms with Gasteiger partial charge in [-0.3, -0.25) is 14.4 Å². The van der Waals surface area contributed by atoms with Gasteiger partial charge in [0.15, 0.2) is 6.10 Å². The molecular weight excluding hydrogens is 949 g/mol. The van der Waals surface area contributed by atoms with Crippen LogP contribution in [0.2, 0.25) is 0 Å². The van der Waals surface area contributed by atoms with Crippen molar-refractivity contribution in [2.45, 2.75) is 374 Å². The Morgan fingerprint density at radius 1 is 0.273 bits per heavy atom. The normalized spacial score (nSPS) is 12.3. The molecule has 0 heterocycles. The molecule has 450 valence electrons. The maximum atomic E-state index is 12.9. The fraction of sp³-hybridized carbons (Fsp3) is 0.845. The summed E-state index contributed by atoms with van der Waals surface area (Å²) in [6.07, 6.45) is 83.1. The second kappa shape index (κ2) is 65.9. The quantitative estimate of drug-likeness (QED) is 0.0261. The van der Waals surface area contributed by atoms with Crippen LogP contribution in [-0.2, 0) is 28.6 Å². The van der Waals surface area contributed by atoms with Crippen LogP contribution in [0.5, 0.6) is 0 Å². The summed E-state index contributed by atoms with van der Waals surface area (Å²) in [5, 5.41) is 0. The SMILES string of the molecule is CC/C=C\C/C=C\C/C=C\C/C=C\CCCCCCCCCCCCCCC(=O)OC(COC(=O)CCCCCCCCC)COC(=O)CCCCCCCCCCCCCCCCCCCCCCCCCCCCC. The highest BCUT2D eigenvalue weighted by molar-refractivity contribution is 5.71. The fourth-order valence-electron chi connectivity index (χ4n) is 10.3. The second-order valence-corrected chi connectivity index (χ2v) is 23.1. The summed E-state index contributed by atoms with van der Waals surface area (Å²) < 4.78 is 16.9. The van der Waals surface area contributed by atoms with E-state index in [0.717, 1.165) is 83.5 Å². The van der Waals surface area contributed by atoms with E-state index in [1.54, 1.807) is 0 Å². The van der Waals surface area contributed by atoms with Crippen LogP contribution in [0.15, 0.2) is 48.6 Å². The van der Waals surface area contributed by atoms with Gasteiger partial charge in [-0.2, -0.15) is 0 Å². The van der Waals surface area contributed by atoms with Crippen molar-refractivity contribution in [3.8, 4) is 0 Å². The van der Waals surface area contributed by atoms with Crippen molar-refractivity contribution in [3.05, 3.63) is 48.6 Å². The molecule has 0 aromatic carbocycles. The van der Waals surface area contributed by atoms with Crippen LogP contribution in [-0.4, -0.2) is 37.2 Å². The number of unbranched alkanes of at least 4 members (excludes halogenated alkanes) is 44. The first-order valence-corrected chi connectivity index (χ1v) is 34.1. The Kier molecular flexibility index (Phi) is 63.6. The van der Waals surface area contributed by atoms with Crippen LogP contribution in [0.25, 0.3) is 0 Å². The lowest BCUT2D eigenvalue weighted by molar-refractivity contribution is -0.167. The van der Waals surface area contributed by atoms with Crippen molar-refractivity contribution < 1.29 is 28.6 Å². The van der Waals surface area contributed by atoms with Gasteiger partial charge in [0, 0.05) is 19.3 Å². The lowest BCUT2D eigenvalue weighted by Gasteiger charge is -2.18. The van der Waals surface area contributed by atoms with Crippen LogP contribution >= 0.6 is 0 Å². The predicted octanol–water partition coefficient (Wildman–Crippen LogP) is 23.3. The van der Waals surface area contributed by atoms with Crippen molar-refractivity contribution in [1.29, 1.82) is 0 Å². The zero-order valence-electron chi connectivity index (χ0n) is 51.7. The summed E-state index contributed by atoms with van der Waals surface area (Å²) in [6, 6.07) is 0. The third kappa shape index (κ3) is 64.1. The van der Waals surface area contributed by atoms with Crippen LogP contribution in [0.1, 0.15) is 367 Å². The number of allylic oxidation sites excluding steroid dienone is 8. The highest BCUT2D eigenvalue weighted by Gasteiger charge is 2.19. The molecule has 0 bridgehead atoms. The molecule has 0 aromatic rings. The predicted molar refractivity (Wildman–Crippen MR) is 335 cm³/mol. The smallest absolute Gasteiger partial charge is 0.306 e. The molecule has 0 saturated carbocycles. The van der Waals surface area contributed by atoms with Gasteiger partial charge < -0.3 is 14.2 Å². The molecule has 0 aliphatic heterocycles. The van der Waals surface area contributed by atoms with Gasteiger partial charge in [-0.25, -0.2) is 0 Å². The zero-order chi connectivity index (χ0) is 55.7. The van der Waals surface area contributed by atoms with Crippen molar-refractivity contribution in [3.63, 3.8) is 0 Å². The second-order valence-electron chi connectivity index (χ2n) is 23.1. The maximum Gasteiger partial charge on any atom is 0.306 e. The summed E-state index contributed by atoms with van der Waals surface area (Å²) in [4.78, 5) is 38.1. The van der Waals surface area contributed by atoms with E-state index in [-0.39, 0.29) is 31.1 Å². The van der Waals surface area contributed by atoms with Crippen LogP contribution in [0, 0.1) is 0 Å². The molecule has 0 spiro atoms. The molecule has 0 aliphatic rings. The van der Waals surface area contributed by atoms with Crippen molar-refractivity contribution in [1.82, 2.24) is 0 Å². The van der Waals surface area contributed by atoms with Gasteiger partial charge in [0.05, 0.1) is 0 Å². The molecule has 0 aromatic heterocycles. The van der Waals surface area contributed by atoms with E-state index < -0.39 is 6.10 Å².